The predicted molar refractivity (Wildman–Crippen MR) is 194 cm³/mol. The van der Waals surface area contributed by atoms with Crippen LogP contribution in [0.2, 0.25) is 5.02 Å². The summed E-state index contributed by atoms with van der Waals surface area (Å²) in [7, 11) is -0.694. The Balaban J connectivity index is 1.14. The molecule has 3 aromatic rings. The summed E-state index contributed by atoms with van der Waals surface area (Å²) in [6, 6.07) is 9.58. The zero-order valence-corrected chi connectivity index (χ0v) is 30.9. The van der Waals surface area contributed by atoms with Crippen LogP contribution in [0.3, 0.4) is 0 Å². The molecule has 3 aliphatic carbocycles. The number of nitrogens with one attached hydrogen (secondary N) is 4. The van der Waals surface area contributed by atoms with Gasteiger partial charge >= 0.3 is 19.3 Å². The van der Waals surface area contributed by atoms with Crippen LogP contribution in [0.25, 0.3) is 0 Å². The molecule has 2 aromatic carbocycles. The second-order valence-electron chi connectivity index (χ2n) is 15.8. The lowest BCUT2D eigenvalue weighted by atomic mass is 9.45. The van der Waals surface area contributed by atoms with Gasteiger partial charge in [0, 0.05) is 23.7 Å². The van der Waals surface area contributed by atoms with E-state index in [-0.39, 0.29) is 36.0 Å². The quantitative estimate of drug-likeness (QED) is 0.179. The third-order valence-electron chi connectivity index (χ3n) is 11.9. The Morgan fingerprint density at radius 3 is 2.53 bits per heavy atom. The first kappa shape index (κ1) is 37.2. The molecule has 2 bridgehead atoms. The number of alkyl halides is 3. The van der Waals surface area contributed by atoms with Crippen LogP contribution in [0.5, 0.6) is 0 Å². The van der Waals surface area contributed by atoms with Gasteiger partial charge in [-0.3, -0.25) is 14.2 Å². The average Bonchev–Trinajstić information content (AvgIpc) is 3.61. The fourth-order valence-corrected chi connectivity index (χ4v) is 8.86. The van der Waals surface area contributed by atoms with Crippen molar-refractivity contribution in [1.29, 1.82) is 0 Å². The van der Waals surface area contributed by atoms with Gasteiger partial charge in [-0.1, -0.05) is 44.5 Å². The summed E-state index contributed by atoms with van der Waals surface area (Å²) in [6.07, 6.45) is -0.938. The third kappa shape index (κ3) is 6.80. The summed E-state index contributed by atoms with van der Waals surface area (Å²) in [5.41, 5.74) is -2.28. The van der Waals surface area contributed by atoms with Crippen LogP contribution in [0.1, 0.15) is 83.3 Å². The number of rotatable bonds is 9. The van der Waals surface area contributed by atoms with Gasteiger partial charge in [0.25, 0.3) is 5.56 Å². The van der Waals surface area contributed by atoms with Gasteiger partial charge in [0.05, 0.1) is 34.9 Å². The molecule has 8 rings (SSSR count). The van der Waals surface area contributed by atoms with Gasteiger partial charge in [0.15, 0.2) is 0 Å². The maximum Gasteiger partial charge on any atom is 0.481 e. The molecule has 2 aliphatic heterocycles. The Morgan fingerprint density at radius 1 is 1.11 bits per heavy atom. The first-order valence-electron chi connectivity index (χ1n) is 17.9. The standard InChI is InChI=1S/C37H43BClF3N6O5/c1-6-28(38-52-29-25-15-22(34(25,2)3)16-36(29,5)53-38)46-30(49)27-17-35(4,47-33(51)45-24-12-10-23(39)11-13-24)32-44-19-26(31(50)48(27)32)43-18-20-8-7-9-21(14-20)37(40,41)42/h7-14,19,22,25,27-29,43H,6,15-18H2,1-5H3,(H,46,49)(H2,45,47,51)/t22?,25?,27-,28-,29+,35+,36-/m0/s1. The van der Waals surface area contributed by atoms with Crippen molar-refractivity contribution >= 4 is 42.0 Å². The van der Waals surface area contributed by atoms with E-state index in [1.807, 2.05) is 6.92 Å². The minimum Gasteiger partial charge on any atom is -0.404 e. The molecule has 5 aliphatic rings. The number of halogens is 4. The number of hydrogen-bond donors (Lipinski definition) is 4. The lowest BCUT2D eigenvalue weighted by Gasteiger charge is -2.63. The Morgan fingerprint density at radius 2 is 1.85 bits per heavy atom. The smallest absolute Gasteiger partial charge is 0.404 e. The summed E-state index contributed by atoms with van der Waals surface area (Å²) in [5.74, 6) is 0.00708. The SMILES string of the molecule is CC[C@H](NC(=O)[C@@H]1C[C@@](C)(NC(=O)Nc2ccc(Cl)cc2)c2ncc(NCc3cccc(C(F)(F)F)c3)c(=O)n21)B1O[C@@H]2C3CC(C[C@]2(C)O1)C3(C)C. The molecule has 53 heavy (non-hydrogen) atoms. The van der Waals surface area contributed by atoms with Crippen LogP contribution < -0.4 is 26.8 Å². The predicted octanol–water partition coefficient (Wildman–Crippen LogP) is 6.67. The van der Waals surface area contributed by atoms with Crippen molar-refractivity contribution in [1.82, 2.24) is 20.2 Å². The van der Waals surface area contributed by atoms with E-state index < -0.39 is 59.5 Å². The lowest BCUT2D eigenvalue weighted by molar-refractivity contribution is -0.185. The Kier molecular flexibility index (Phi) is 9.38. The lowest BCUT2D eigenvalue weighted by Crippen LogP contribution is -2.63. The average molecular weight is 755 g/mol. The second kappa shape index (κ2) is 13.3. The molecule has 2 unspecified atom stereocenters. The van der Waals surface area contributed by atoms with Crippen LogP contribution in [-0.4, -0.2) is 46.3 Å². The van der Waals surface area contributed by atoms with E-state index in [9.17, 15) is 27.6 Å². The first-order chi connectivity index (χ1) is 24.9. The van der Waals surface area contributed by atoms with Gasteiger partial charge in [0.2, 0.25) is 5.91 Å². The number of hydrogen-bond acceptors (Lipinski definition) is 7. The molecule has 16 heteroatoms. The summed E-state index contributed by atoms with van der Waals surface area (Å²) in [4.78, 5) is 46.3. The fraction of sp³-hybridized carbons (Fsp3) is 0.514. The monoisotopic (exact) mass is 754 g/mol. The zero-order valence-electron chi connectivity index (χ0n) is 30.1. The molecular weight excluding hydrogens is 712 g/mol. The highest BCUT2D eigenvalue weighted by atomic mass is 35.5. The number of urea groups is 1. The Bertz CT molecular complexity index is 1980. The topological polar surface area (TPSA) is 136 Å². The number of fused-ring (bicyclic) bond motifs is 1. The van der Waals surface area contributed by atoms with Crippen molar-refractivity contribution in [2.24, 2.45) is 17.3 Å². The highest BCUT2D eigenvalue weighted by Gasteiger charge is 2.67. The Hall–Kier alpha value is -4.08. The van der Waals surface area contributed by atoms with Gasteiger partial charge in [-0.25, -0.2) is 9.78 Å². The van der Waals surface area contributed by atoms with Gasteiger partial charge in [-0.15, -0.1) is 0 Å². The maximum absolute atomic E-state index is 14.3. The van der Waals surface area contributed by atoms with E-state index in [0.29, 0.717) is 34.5 Å². The molecule has 4 N–H and O–H groups in total. The molecule has 11 nitrogen and oxygen atoms in total. The van der Waals surface area contributed by atoms with Crippen molar-refractivity contribution in [3.05, 3.63) is 87.1 Å². The summed E-state index contributed by atoms with van der Waals surface area (Å²) >= 11 is 5.99. The normalized spacial score (nSPS) is 28.7. The number of carbonyl (C=O) groups excluding carboxylic acids is 2. The molecule has 282 valence electrons. The van der Waals surface area contributed by atoms with Gasteiger partial charge in [-0.05, 0) is 92.3 Å². The molecule has 3 amide bonds. The minimum absolute atomic E-state index is 0.0205. The number of benzene rings is 2. The van der Waals surface area contributed by atoms with E-state index in [1.54, 1.807) is 31.2 Å². The Labute approximate surface area is 310 Å². The largest absolute Gasteiger partial charge is 0.481 e. The van der Waals surface area contributed by atoms with Crippen LogP contribution in [-0.2, 0) is 32.4 Å². The molecule has 3 heterocycles. The van der Waals surface area contributed by atoms with Crippen LogP contribution in [0.4, 0.5) is 29.3 Å². The van der Waals surface area contributed by atoms with Crippen molar-refractivity contribution in [3.8, 4) is 0 Å². The molecule has 0 spiro atoms. The summed E-state index contributed by atoms with van der Waals surface area (Å²) in [5, 5.41) is 12.1. The minimum atomic E-state index is -4.53. The van der Waals surface area contributed by atoms with Crippen molar-refractivity contribution in [2.45, 2.75) is 102 Å². The van der Waals surface area contributed by atoms with E-state index in [4.69, 9.17) is 20.9 Å². The van der Waals surface area contributed by atoms with Crippen molar-refractivity contribution < 1.29 is 32.1 Å². The molecule has 1 aromatic heterocycles. The molecule has 0 radical (unpaired) electrons. The molecule has 1 saturated heterocycles. The molecule has 4 fully saturated rings. The number of aromatic nitrogens is 2. The number of anilines is 2. The van der Waals surface area contributed by atoms with Crippen molar-refractivity contribution in [2.75, 3.05) is 10.6 Å². The van der Waals surface area contributed by atoms with E-state index >= 15 is 0 Å². The molecular formula is C37H43BClF3N6O5. The number of nitrogens with zero attached hydrogens (tertiary/aromatic N) is 2. The van der Waals surface area contributed by atoms with E-state index in [1.165, 1.54) is 22.9 Å². The first-order valence-corrected chi connectivity index (χ1v) is 18.3. The number of amides is 3. The van der Waals surface area contributed by atoms with Crippen LogP contribution >= 0.6 is 11.6 Å². The fourth-order valence-electron chi connectivity index (χ4n) is 8.73. The van der Waals surface area contributed by atoms with E-state index in [0.717, 1.165) is 25.0 Å². The number of carbonyl (C=O) groups is 2. The van der Waals surface area contributed by atoms with Crippen LogP contribution in [0.15, 0.2) is 59.5 Å². The second-order valence-corrected chi connectivity index (χ2v) is 16.2. The molecule has 7 atom stereocenters. The maximum atomic E-state index is 14.3. The summed E-state index contributed by atoms with van der Waals surface area (Å²) in [6.45, 7) is 10.1. The van der Waals surface area contributed by atoms with Gasteiger partial charge in [0.1, 0.15) is 17.6 Å². The van der Waals surface area contributed by atoms with Gasteiger partial charge in [-0.2, -0.15) is 13.2 Å². The highest BCUT2D eigenvalue weighted by Crippen LogP contribution is 2.64. The van der Waals surface area contributed by atoms with Gasteiger partial charge < -0.3 is 30.6 Å². The molecule has 3 saturated carbocycles. The third-order valence-corrected chi connectivity index (χ3v) is 12.1. The van der Waals surface area contributed by atoms with Crippen molar-refractivity contribution in [3.63, 3.8) is 0 Å². The zero-order chi connectivity index (χ0) is 38.1. The summed E-state index contributed by atoms with van der Waals surface area (Å²) < 4.78 is 54.4. The van der Waals surface area contributed by atoms with E-state index in [2.05, 4.69) is 47.0 Å². The van der Waals surface area contributed by atoms with Crippen LogP contribution in [0, 0.1) is 17.3 Å². The highest BCUT2D eigenvalue weighted by molar-refractivity contribution is 6.47.